The summed E-state index contributed by atoms with van der Waals surface area (Å²) in [6, 6.07) is 5.93. The van der Waals surface area contributed by atoms with Gasteiger partial charge in [-0.3, -0.25) is 4.79 Å². The van der Waals surface area contributed by atoms with Gasteiger partial charge >= 0.3 is 0 Å². The average Bonchev–Trinajstić information content (AvgIpc) is 2.31. The molecule has 0 aliphatic carbocycles. The largest absolute Gasteiger partial charge is 0.349 e. The fourth-order valence-electron chi connectivity index (χ4n) is 1.60. The van der Waals surface area contributed by atoms with Gasteiger partial charge in [0, 0.05) is 10.5 Å². The van der Waals surface area contributed by atoms with Gasteiger partial charge in [-0.1, -0.05) is 32.4 Å². The molecule has 1 amide bonds. The van der Waals surface area contributed by atoms with E-state index in [4.69, 9.17) is 0 Å². The number of hydrogen-bond acceptors (Lipinski definition) is 1. The zero-order valence-corrected chi connectivity index (χ0v) is 12.5. The number of rotatable bonds is 4. The van der Waals surface area contributed by atoms with Crippen LogP contribution in [0.25, 0.3) is 0 Å². The quantitative estimate of drug-likeness (QED) is 0.896. The zero-order chi connectivity index (χ0) is 13.0. The standard InChI is InChI=1S/C14H20BrNO/c1-5-9(2)11(4)16-14(17)12-8-6-7-10(3)13(12)15/h6-9,11H,5H2,1-4H3,(H,16,17). The van der Waals surface area contributed by atoms with Gasteiger partial charge in [0.2, 0.25) is 0 Å². The van der Waals surface area contributed by atoms with Gasteiger partial charge in [0.15, 0.2) is 0 Å². The molecule has 0 bridgehead atoms. The van der Waals surface area contributed by atoms with Crippen molar-refractivity contribution in [3.63, 3.8) is 0 Å². The second-order valence-corrected chi connectivity index (χ2v) is 5.38. The summed E-state index contributed by atoms with van der Waals surface area (Å²) in [4.78, 5) is 12.1. The molecular weight excluding hydrogens is 278 g/mol. The molecule has 1 aromatic carbocycles. The summed E-state index contributed by atoms with van der Waals surface area (Å²) in [7, 11) is 0. The van der Waals surface area contributed by atoms with E-state index in [9.17, 15) is 4.79 Å². The number of nitrogens with one attached hydrogen (secondary N) is 1. The molecule has 2 unspecified atom stereocenters. The number of amides is 1. The highest BCUT2D eigenvalue weighted by Crippen LogP contribution is 2.21. The van der Waals surface area contributed by atoms with E-state index in [0.29, 0.717) is 11.5 Å². The maximum atomic E-state index is 12.1. The Labute approximate surface area is 112 Å². The van der Waals surface area contributed by atoms with Crippen LogP contribution in [0.15, 0.2) is 22.7 Å². The molecule has 0 aliphatic rings. The molecule has 1 N–H and O–H groups in total. The van der Waals surface area contributed by atoms with E-state index in [-0.39, 0.29) is 11.9 Å². The summed E-state index contributed by atoms with van der Waals surface area (Å²) < 4.78 is 0.883. The molecule has 2 nitrogen and oxygen atoms in total. The summed E-state index contributed by atoms with van der Waals surface area (Å²) in [6.45, 7) is 8.32. The molecule has 0 aliphatic heterocycles. The predicted octanol–water partition coefficient (Wildman–Crippen LogP) is 3.92. The van der Waals surface area contributed by atoms with Gasteiger partial charge in [-0.15, -0.1) is 0 Å². The molecule has 1 aromatic rings. The minimum atomic E-state index is -0.00613. The molecule has 0 aromatic heterocycles. The summed E-state index contributed by atoms with van der Waals surface area (Å²) in [6.07, 6.45) is 1.07. The number of carbonyl (C=O) groups excluding carboxylic acids is 1. The third-order valence-electron chi connectivity index (χ3n) is 3.29. The highest BCUT2D eigenvalue weighted by molar-refractivity contribution is 9.10. The Balaban J connectivity index is 2.80. The van der Waals surface area contributed by atoms with Crippen LogP contribution in [0.4, 0.5) is 0 Å². The van der Waals surface area contributed by atoms with Crippen molar-refractivity contribution in [3.05, 3.63) is 33.8 Å². The van der Waals surface area contributed by atoms with Crippen molar-refractivity contribution in [2.45, 2.75) is 40.2 Å². The van der Waals surface area contributed by atoms with Crippen molar-refractivity contribution in [2.24, 2.45) is 5.92 Å². The van der Waals surface area contributed by atoms with Crippen molar-refractivity contribution >= 4 is 21.8 Å². The molecule has 17 heavy (non-hydrogen) atoms. The van der Waals surface area contributed by atoms with Crippen molar-refractivity contribution in [3.8, 4) is 0 Å². The van der Waals surface area contributed by atoms with Gasteiger partial charge in [-0.2, -0.15) is 0 Å². The van der Waals surface area contributed by atoms with Crippen molar-refractivity contribution < 1.29 is 4.79 Å². The van der Waals surface area contributed by atoms with Crippen LogP contribution in [-0.4, -0.2) is 11.9 Å². The summed E-state index contributed by atoms with van der Waals surface area (Å²) in [5.74, 6) is 0.482. The maximum Gasteiger partial charge on any atom is 0.252 e. The van der Waals surface area contributed by atoms with Crippen LogP contribution >= 0.6 is 15.9 Å². The molecule has 0 saturated carbocycles. The monoisotopic (exact) mass is 297 g/mol. The van der Waals surface area contributed by atoms with Gasteiger partial charge in [0.25, 0.3) is 5.91 Å². The van der Waals surface area contributed by atoms with Crippen LogP contribution in [0.3, 0.4) is 0 Å². The third kappa shape index (κ3) is 3.56. The van der Waals surface area contributed by atoms with Crippen molar-refractivity contribution in [1.29, 1.82) is 0 Å². The first-order valence-electron chi connectivity index (χ1n) is 6.03. The first kappa shape index (κ1) is 14.2. The molecule has 0 heterocycles. The van der Waals surface area contributed by atoms with E-state index in [1.165, 1.54) is 0 Å². The Bertz CT molecular complexity index is 403. The van der Waals surface area contributed by atoms with Crippen LogP contribution in [0.2, 0.25) is 0 Å². The van der Waals surface area contributed by atoms with E-state index in [1.807, 2.05) is 25.1 Å². The van der Waals surface area contributed by atoms with Gasteiger partial charge in [0.1, 0.15) is 0 Å². The second kappa shape index (κ2) is 6.20. The molecule has 94 valence electrons. The Kier molecular flexibility index (Phi) is 5.19. The van der Waals surface area contributed by atoms with E-state index < -0.39 is 0 Å². The van der Waals surface area contributed by atoms with Gasteiger partial charge in [-0.25, -0.2) is 0 Å². The Morgan fingerprint density at radius 2 is 2.06 bits per heavy atom. The van der Waals surface area contributed by atoms with E-state index >= 15 is 0 Å². The highest BCUT2D eigenvalue weighted by Gasteiger charge is 2.16. The minimum absolute atomic E-state index is 0.00613. The minimum Gasteiger partial charge on any atom is -0.349 e. The molecule has 0 fully saturated rings. The lowest BCUT2D eigenvalue weighted by molar-refractivity contribution is 0.0927. The Morgan fingerprint density at radius 3 is 2.65 bits per heavy atom. The van der Waals surface area contributed by atoms with E-state index in [1.54, 1.807) is 0 Å². The molecule has 0 spiro atoms. The molecule has 2 atom stereocenters. The van der Waals surface area contributed by atoms with Crippen LogP contribution in [0.5, 0.6) is 0 Å². The van der Waals surface area contributed by atoms with Gasteiger partial charge in [0.05, 0.1) is 5.56 Å². The van der Waals surface area contributed by atoms with Gasteiger partial charge < -0.3 is 5.32 Å². The lowest BCUT2D eigenvalue weighted by atomic mass is 10.0. The summed E-state index contributed by atoms with van der Waals surface area (Å²) in [5, 5.41) is 3.05. The lowest BCUT2D eigenvalue weighted by Gasteiger charge is -2.20. The number of benzene rings is 1. The molecule has 0 saturated heterocycles. The van der Waals surface area contributed by atoms with Crippen molar-refractivity contribution in [2.75, 3.05) is 0 Å². The normalized spacial score (nSPS) is 14.2. The predicted molar refractivity (Wildman–Crippen MR) is 75.3 cm³/mol. The molecule has 3 heteroatoms. The fourth-order valence-corrected chi connectivity index (χ4v) is 2.05. The summed E-state index contributed by atoms with van der Waals surface area (Å²) >= 11 is 3.46. The van der Waals surface area contributed by atoms with Crippen LogP contribution in [-0.2, 0) is 0 Å². The Hall–Kier alpha value is -0.830. The van der Waals surface area contributed by atoms with Crippen LogP contribution < -0.4 is 5.32 Å². The van der Waals surface area contributed by atoms with Crippen molar-refractivity contribution in [1.82, 2.24) is 5.32 Å². The van der Waals surface area contributed by atoms with E-state index in [2.05, 4.69) is 42.0 Å². The van der Waals surface area contributed by atoms with E-state index in [0.717, 1.165) is 16.5 Å². The van der Waals surface area contributed by atoms with Crippen LogP contribution in [0, 0.1) is 12.8 Å². The maximum absolute atomic E-state index is 12.1. The number of aryl methyl sites for hydroxylation is 1. The number of halogens is 1. The number of carbonyl (C=O) groups is 1. The SMILES string of the molecule is CCC(C)C(C)NC(=O)c1cccc(C)c1Br. The lowest BCUT2D eigenvalue weighted by Crippen LogP contribution is -2.37. The highest BCUT2D eigenvalue weighted by atomic mass is 79.9. The fraction of sp³-hybridized carbons (Fsp3) is 0.500. The van der Waals surface area contributed by atoms with Crippen LogP contribution in [0.1, 0.15) is 43.1 Å². The first-order chi connectivity index (χ1) is 7.97. The zero-order valence-electron chi connectivity index (χ0n) is 10.9. The average molecular weight is 298 g/mol. The molecular formula is C14H20BrNO. The van der Waals surface area contributed by atoms with Gasteiger partial charge in [-0.05, 0) is 47.3 Å². The number of hydrogen-bond donors (Lipinski definition) is 1. The summed E-state index contributed by atoms with van der Waals surface area (Å²) in [5.41, 5.74) is 1.79. The topological polar surface area (TPSA) is 29.1 Å². The molecule has 0 radical (unpaired) electrons. The third-order valence-corrected chi connectivity index (χ3v) is 4.35. The smallest absolute Gasteiger partial charge is 0.252 e. The Morgan fingerprint density at radius 1 is 1.41 bits per heavy atom. The first-order valence-corrected chi connectivity index (χ1v) is 6.82. The molecule has 1 rings (SSSR count). The second-order valence-electron chi connectivity index (χ2n) is 4.58.